The predicted octanol–water partition coefficient (Wildman–Crippen LogP) is 2.50. The fourth-order valence-electron chi connectivity index (χ4n) is 2.56. The van der Waals surface area contributed by atoms with Crippen LogP contribution in [0.4, 0.5) is 0 Å². The van der Waals surface area contributed by atoms with E-state index in [1.54, 1.807) is 0 Å². The number of H-pyrrole nitrogens is 1. The van der Waals surface area contributed by atoms with E-state index >= 15 is 0 Å². The van der Waals surface area contributed by atoms with Gasteiger partial charge in [0.1, 0.15) is 0 Å². The Morgan fingerprint density at radius 3 is 3.12 bits per heavy atom. The van der Waals surface area contributed by atoms with Crippen molar-refractivity contribution in [2.45, 2.75) is 32.4 Å². The third-order valence-corrected chi connectivity index (χ3v) is 3.61. The fraction of sp³-hybridized carbons (Fsp3) is 0.357. The molecule has 0 amide bonds. The number of aryl methyl sites for hydroxylation is 2. The van der Waals surface area contributed by atoms with Crippen LogP contribution in [-0.2, 0) is 13.0 Å². The molecule has 0 bridgehead atoms. The van der Waals surface area contributed by atoms with Gasteiger partial charge in [0.25, 0.3) is 0 Å². The summed E-state index contributed by atoms with van der Waals surface area (Å²) in [6, 6.07) is 9.23. The molecule has 17 heavy (non-hydrogen) atoms. The van der Waals surface area contributed by atoms with Crippen LogP contribution >= 0.6 is 0 Å². The van der Waals surface area contributed by atoms with Crippen LogP contribution in [0.15, 0.2) is 30.5 Å². The zero-order chi connectivity index (χ0) is 11.7. The maximum absolute atomic E-state index is 4.05. The number of hydrogen-bond acceptors (Lipinski definition) is 2. The number of hydrogen-bond donors (Lipinski definition) is 2. The van der Waals surface area contributed by atoms with Gasteiger partial charge in [0, 0.05) is 23.8 Å². The number of benzene rings is 1. The Labute approximate surface area is 101 Å². The van der Waals surface area contributed by atoms with Gasteiger partial charge in [-0.1, -0.05) is 24.3 Å². The second-order valence-electron chi connectivity index (χ2n) is 4.69. The predicted molar refractivity (Wildman–Crippen MR) is 67.7 cm³/mol. The Hall–Kier alpha value is -1.61. The van der Waals surface area contributed by atoms with Crippen LogP contribution in [0.3, 0.4) is 0 Å². The van der Waals surface area contributed by atoms with Crippen molar-refractivity contribution in [3.8, 4) is 0 Å². The van der Waals surface area contributed by atoms with E-state index in [2.05, 4.69) is 46.7 Å². The molecule has 3 rings (SSSR count). The molecule has 1 aliphatic carbocycles. The number of aromatic amines is 1. The third kappa shape index (κ3) is 1.98. The first kappa shape index (κ1) is 10.5. The Morgan fingerprint density at radius 2 is 2.29 bits per heavy atom. The average Bonchev–Trinajstić information content (AvgIpc) is 2.93. The molecular weight excluding hydrogens is 210 g/mol. The Bertz CT molecular complexity index is 516. The lowest BCUT2D eigenvalue weighted by atomic mass is 10.1. The lowest BCUT2D eigenvalue weighted by Gasteiger charge is -2.13. The van der Waals surface area contributed by atoms with Crippen LogP contribution in [0.1, 0.15) is 34.8 Å². The van der Waals surface area contributed by atoms with Crippen molar-refractivity contribution in [3.63, 3.8) is 0 Å². The Balaban J connectivity index is 1.70. The van der Waals surface area contributed by atoms with Crippen molar-refractivity contribution in [2.75, 3.05) is 0 Å². The zero-order valence-corrected chi connectivity index (χ0v) is 10.0. The molecule has 0 saturated heterocycles. The summed E-state index contributed by atoms with van der Waals surface area (Å²) < 4.78 is 0. The summed E-state index contributed by atoms with van der Waals surface area (Å²) >= 11 is 0. The molecule has 1 aromatic carbocycles. The van der Waals surface area contributed by atoms with E-state index in [1.165, 1.54) is 29.5 Å². The van der Waals surface area contributed by atoms with Crippen molar-refractivity contribution >= 4 is 0 Å². The molecule has 3 heteroatoms. The van der Waals surface area contributed by atoms with E-state index in [0.717, 1.165) is 12.2 Å². The van der Waals surface area contributed by atoms with Crippen LogP contribution in [0.2, 0.25) is 0 Å². The SMILES string of the molecule is Cc1[nH]ncc1CN[C@H]1CCc2ccccc21. The van der Waals surface area contributed by atoms with Gasteiger partial charge in [0.2, 0.25) is 0 Å². The smallest absolute Gasteiger partial charge is 0.0535 e. The first-order valence-corrected chi connectivity index (χ1v) is 6.14. The molecule has 3 nitrogen and oxygen atoms in total. The number of nitrogens with one attached hydrogen (secondary N) is 2. The van der Waals surface area contributed by atoms with Crippen LogP contribution in [0.25, 0.3) is 0 Å². The van der Waals surface area contributed by atoms with E-state index < -0.39 is 0 Å². The fourth-order valence-corrected chi connectivity index (χ4v) is 2.56. The summed E-state index contributed by atoms with van der Waals surface area (Å²) in [7, 11) is 0. The van der Waals surface area contributed by atoms with Gasteiger partial charge in [-0.05, 0) is 30.9 Å². The number of aromatic nitrogens is 2. The first-order valence-electron chi connectivity index (χ1n) is 6.14. The summed E-state index contributed by atoms with van der Waals surface area (Å²) in [5.74, 6) is 0. The van der Waals surface area contributed by atoms with E-state index in [9.17, 15) is 0 Å². The summed E-state index contributed by atoms with van der Waals surface area (Å²) in [5.41, 5.74) is 5.38. The first-order chi connectivity index (χ1) is 8.34. The minimum atomic E-state index is 0.500. The van der Waals surface area contributed by atoms with Gasteiger partial charge in [0.05, 0.1) is 6.20 Å². The topological polar surface area (TPSA) is 40.7 Å². The molecule has 0 saturated carbocycles. The van der Waals surface area contributed by atoms with E-state index in [4.69, 9.17) is 0 Å². The van der Waals surface area contributed by atoms with Crippen LogP contribution in [0.5, 0.6) is 0 Å². The highest BCUT2D eigenvalue weighted by atomic mass is 15.1. The second kappa shape index (κ2) is 4.34. The quantitative estimate of drug-likeness (QED) is 0.845. The molecule has 2 aromatic rings. The molecule has 88 valence electrons. The zero-order valence-electron chi connectivity index (χ0n) is 10.0. The maximum atomic E-state index is 4.05. The molecule has 1 aliphatic rings. The number of nitrogens with zero attached hydrogens (tertiary/aromatic N) is 1. The number of rotatable bonds is 3. The maximum Gasteiger partial charge on any atom is 0.0535 e. The van der Waals surface area contributed by atoms with Crippen LogP contribution in [0, 0.1) is 6.92 Å². The summed E-state index contributed by atoms with van der Waals surface area (Å²) in [6.45, 7) is 2.95. The number of fused-ring (bicyclic) bond motifs is 1. The van der Waals surface area contributed by atoms with Crippen LogP contribution in [-0.4, -0.2) is 10.2 Å². The summed E-state index contributed by atoms with van der Waals surface area (Å²) in [5, 5.41) is 10.6. The van der Waals surface area contributed by atoms with Gasteiger partial charge in [-0.25, -0.2) is 0 Å². The van der Waals surface area contributed by atoms with Crippen LogP contribution < -0.4 is 5.32 Å². The van der Waals surface area contributed by atoms with Gasteiger partial charge in [-0.15, -0.1) is 0 Å². The molecule has 0 unspecified atom stereocenters. The van der Waals surface area contributed by atoms with E-state index in [1.807, 2.05) is 6.20 Å². The molecule has 1 atom stereocenters. The van der Waals surface area contributed by atoms with E-state index in [-0.39, 0.29) is 0 Å². The second-order valence-corrected chi connectivity index (χ2v) is 4.69. The standard InChI is InChI=1S/C14H17N3/c1-10-12(9-16-17-10)8-15-14-7-6-11-4-2-3-5-13(11)14/h2-5,9,14-15H,6-8H2,1H3,(H,16,17)/t14-/m0/s1. The van der Waals surface area contributed by atoms with Crippen molar-refractivity contribution < 1.29 is 0 Å². The summed E-state index contributed by atoms with van der Waals surface area (Å²) in [6.07, 6.45) is 4.30. The molecule has 0 aliphatic heterocycles. The molecular formula is C14H17N3. The summed E-state index contributed by atoms with van der Waals surface area (Å²) in [4.78, 5) is 0. The van der Waals surface area contributed by atoms with Crippen molar-refractivity contribution in [2.24, 2.45) is 0 Å². The Kier molecular flexibility index (Phi) is 2.69. The highest BCUT2D eigenvalue weighted by Crippen LogP contribution is 2.30. The monoisotopic (exact) mass is 227 g/mol. The van der Waals surface area contributed by atoms with Crippen molar-refractivity contribution in [3.05, 3.63) is 52.8 Å². The molecule has 0 fully saturated rings. The molecule has 1 heterocycles. The molecule has 1 aromatic heterocycles. The lowest BCUT2D eigenvalue weighted by molar-refractivity contribution is 0.529. The van der Waals surface area contributed by atoms with Crippen molar-refractivity contribution in [1.82, 2.24) is 15.5 Å². The highest BCUT2D eigenvalue weighted by molar-refractivity contribution is 5.34. The van der Waals surface area contributed by atoms with Gasteiger partial charge in [0.15, 0.2) is 0 Å². The normalized spacial score (nSPS) is 18.3. The van der Waals surface area contributed by atoms with E-state index in [0.29, 0.717) is 6.04 Å². The molecule has 0 spiro atoms. The highest BCUT2D eigenvalue weighted by Gasteiger charge is 2.21. The average molecular weight is 227 g/mol. The van der Waals surface area contributed by atoms with Gasteiger partial charge in [-0.3, -0.25) is 5.10 Å². The molecule has 2 N–H and O–H groups in total. The third-order valence-electron chi connectivity index (χ3n) is 3.61. The van der Waals surface area contributed by atoms with Gasteiger partial charge < -0.3 is 5.32 Å². The Morgan fingerprint density at radius 1 is 1.41 bits per heavy atom. The van der Waals surface area contributed by atoms with Crippen molar-refractivity contribution in [1.29, 1.82) is 0 Å². The lowest BCUT2D eigenvalue weighted by Crippen LogP contribution is -2.18. The largest absolute Gasteiger partial charge is 0.306 e. The van der Waals surface area contributed by atoms with Gasteiger partial charge in [-0.2, -0.15) is 5.10 Å². The minimum absolute atomic E-state index is 0.500. The van der Waals surface area contributed by atoms with Gasteiger partial charge >= 0.3 is 0 Å². The molecule has 0 radical (unpaired) electrons. The minimum Gasteiger partial charge on any atom is -0.306 e.